The number of amides is 2. The van der Waals surface area contributed by atoms with Gasteiger partial charge in [-0.3, -0.25) is 14.4 Å². The van der Waals surface area contributed by atoms with Crippen LogP contribution < -0.4 is 10.6 Å². The van der Waals surface area contributed by atoms with E-state index in [4.69, 9.17) is 9.47 Å². The number of aryl methyl sites for hydroxylation is 2. The Hall–Kier alpha value is -3.68. The molecule has 2 aromatic rings. The van der Waals surface area contributed by atoms with Gasteiger partial charge in [-0.1, -0.05) is 25.1 Å². The number of hydrogen-bond donors (Lipinski definition) is 2. The van der Waals surface area contributed by atoms with E-state index in [1.165, 1.54) is 0 Å². The molecule has 0 saturated heterocycles. The molecule has 32 heavy (non-hydrogen) atoms. The minimum atomic E-state index is -0.647. The van der Waals surface area contributed by atoms with Crippen LogP contribution in [-0.4, -0.2) is 37.0 Å². The quantitative estimate of drug-likeness (QED) is 0.544. The summed E-state index contributed by atoms with van der Waals surface area (Å²) in [7, 11) is 0. The first kappa shape index (κ1) is 24.6. The van der Waals surface area contributed by atoms with Crippen molar-refractivity contribution in [3.8, 4) is 0 Å². The normalized spacial score (nSPS) is 10.2. The molecule has 0 spiro atoms. The van der Waals surface area contributed by atoms with E-state index in [9.17, 15) is 19.2 Å². The number of rotatable bonds is 10. The molecule has 2 rings (SSSR count). The van der Waals surface area contributed by atoms with E-state index in [1.54, 1.807) is 24.3 Å². The maximum Gasteiger partial charge on any atom is 0.338 e. The van der Waals surface area contributed by atoms with Gasteiger partial charge in [-0.05, 0) is 55.7 Å². The molecule has 170 valence electrons. The van der Waals surface area contributed by atoms with Crippen molar-refractivity contribution in [1.29, 1.82) is 0 Å². The molecule has 0 fully saturated rings. The molecule has 8 heteroatoms. The molecule has 0 atom stereocenters. The molecule has 0 unspecified atom stereocenters. The number of benzene rings is 2. The summed E-state index contributed by atoms with van der Waals surface area (Å²) in [4.78, 5) is 47.7. The van der Waals surface area contributed by atoms with Gasteiger partial charge in [-0.2, -0.15) is 0 Å². The van der Waals surface area contributed by atoms with Crippen molar-refractivity contribution in [3.63, 3.8) is 0 Å². The van der Waals surface area contributed by atoms with Gasteiger partial charge in [-0.25, -0.2) is 4.79 Å². The van der Waals surface area contributed by atoms with Crippen LogP contribution in [0.25, 0.3) is 0 Å². The molecule has 0 bridgehead atoms. The van der Waals surface area contributed by atoms with Crippen molar-refractivity contribution in [2.24, 2.45) is 0 Å². The van der Waals surface area contributed by atoms with Crippen LogP contribution >= 0.6 is 0 Å². The maximum absolute atomic E-state index is 12.0. The van der Waals surface area contributed by atoms with Gasteiger partial charge < -0.3 is 20.1 Å². The summed E-state index contributed by atoms with van der Waals surface area (Å²) in [5, 5.41) is 5.37. The SMILES string of the molecule is CCCOC(=O)c1ccc(NC(=O)CCC(=O)OCC(=O)Nc2c(C)cccc2C)cc1. The van der Waals surface area contributed by atoms with Crippen molar-refractivity contribution in [2.45, 2.75) is 40.0 Å². The van der Waals surface area contributed by atoms with Crippen LogP contribution in [0.3, 0.4) is 0 Å². The average molecular weight is 440 g/mol. The van der Waals surface area contributed by atoms with E-state index >= 15 is 0 Å². The predicted octanol–water partition coefficient (Wildman–Crippen LogP) is 3.77. The van der Waals surface area contributed by atoms with Crippen molar-refractivity contribution >= 4 is 35.1 Å². The Bertz CT molecular complexity index is 949. The van der Waals surface area contributed by atoms with Crippen LogP contribution in [0.1, 0.15) is 47.7 Å². The molecule has 0 radical (unpaired) electrons. The first-order valence-electron chi connectivity index (χ1n) is 10.4. The first-order valence-corrected chi connectivity index (χ1v) is 10.4. The van der Waals surface area contributed by atoms with E-state index in [1.807, 2.05) is 39.0 Å². The summed E-state index contributed by atoms with van der Waals surface area (Å²) in [6, 6.07) is 11.9. The third-order valence-electron chi connectivity index (χ3n) is 4.51. The molecule has 2 N–H and O–H groups in total. The molecule has 0 saturated carbocycles. The van der Waals surface area contributed by atoms with Crippen molar-refractivity contribution in [2.75, 3.05) is 23.8 Å². The molecule has 0 heterocycles. The van der Waals surface area contributed by atoms with Gasteiger partial charge in [-0.15, -0.1) is 0 Å². The van der Waals surface area contributed by atoms with Gasteiger partial charge in [0, 0.05) is 17.8 Å². The molecular weight excluding hydrogens is 412 g/mol. The summed E-state index contributed by atoms with van der Waals surface area (Å²) in [5.41, 5.74) is 3.39. The highest BCUT2D eigenvalue weighted by Crippen LogP contribution is 2.19. The van der Waals surface area contributed by atoms with Crippen LogP contribution in [-0.2, 0) is 23.9 Å². The van der Waals surface area contributed by atoms with Crippen LogP contribution in [0.4, 0.5) is 11.4 Å². The maximum atomic E-state index is 12.0. The van der Waals surface area contributed by atoms with E-state index in [0.29, 0.717) is 23.5 Å². The lowest BCUT2D eigenvalue weighted by Gasteiger charge is -2.11. The zero-order valence-electron chi connectivity index (χ0n) is 18.5. The second kappa shape index (κ2) is 12.2. The smallest absolute Gasteiger partial charge is 0.338 e. The number of para-hydroxylation sites is 1. The molecular formula is C24H28N2O6. The predicted molar refractivity (Wildman–Crippen MR) is 120 cm³/mol. The molecule has 0 aliphatic rings. The van der Waals surface area contributed by atoms with Crippen molar-refractivity contribution in [1.82, 2.24) is 0 Å². The van der Waals surface area contributed by atoms with Crippen molar-refractivity contribution in [3.05, 3.63) is 59.2 Å². The Kier molecular flexibility index (Phi) is 9.41. The Morgan fingerprint density at radius 2 is 1.47 bits per heavy atom. The van der Waals surface area contributed by atoms with Gasteiger partial charge in [0.15, 0.2) is 6.61 Å². The van der Waals surface area contributed by atoms with Crippen LogP contribution in [0.15, 0.2) is 42.5 Å². The summed E-state index contributed by atoms with van der Waals surface area (Å²) < 4.78 is 9.99. The zero-order valence-corrected chi connectivity index (χ0v) is 18.5. The number of carbonyl (C=O) groups is 4. The summed E-state index contributed by atoms with van der Waals surface area (Å²) in [6.45, 7) is 5.57. The zero-order chi connectivity index (χ0) is 23.5. The summed E-state index contributed by atoms with van der Waals surface area (Å²) in [6.07, 6.45) is 0.473. The number of nitrogens with one attached hydrogen (secondary N) is 2. The number of anilines is 2. The van der Waals surface area contributed by atoms with E-state index in [2.05, 4.69) is 10.6 Å². The lowest BCUT2D eigenvalue weighted by Crippen LogP contribution is -2.22. The summed E-state index contributed by atoms with van der Waals surface area (Å²) >= 11 is 0. The van der Waals surface area contributed by atoms with Gasteiger partial charge in [0.05, 0.1) is 18.6 Å². The van der Waals surface area contributed by atoms with E-state index in [0.717, 1.165) is 17.5 Å². The highest BCUT2D eigenvalue weighted by Gasteiger charge is 2.13. The Morgan fingerprint density at radius 1 is 0.812 bits per heavy atom. The second-order valence-electron chi connectivity index (χ2n) is 7.24. The fourth-order valence-corrected chi connectivity index (χ4v) is 2.81. The third-order valence-corrected chi connectivity index (χ3v) is 4.51. The van der Waals surface area contributed by atoms with E-state index < -0.39 is 24.5 Å². The number of ether oxygens (including phenoxy) is 2. The number of esters is 2. The largest absolute Gasteiger partial charge is 0.462 e. The molecule has 0 aliphatic carbocycles. The van der Waals surface area contributed by atoms with Gasteiger partial charge >= 0.3 is 11.9 Å². The fourth-order valence-electron chi connectivity index (χ4n) is 2.81. The lowest BCUT2D eigenvalue weighted by molar-refractivity contribution is -0.147. The van der Waals surface area contributed by atoms with Crippen LogP contribution in [0, 0.1) is 13.8 Å². The average Bonchev–Trinajstić information content (AvgIpc) is 2.77. The van der Waals surface area contributed by atoms with Crippen molar-refractivity contribution < 1.29 is 28.7 Å². The first-order chi connectivity index (χ1) is 15.3. The highest BCUT2D eigenvalue weighted by molar-refractivity contribution is 5.95. The second-order valence-corrected chi connectivity index (χ2v) is 7.24. The molecule has 0 aliphatic heterocycles. The Morgan fingerprint density at radius 3 is 2.09 bits per heavy atom. The van der Waals surface area contributed by atoms with Gasteiger partial charge in [0.1, 0.15) is 0 Å². The summed E-state index contributed by atoms with van der Waals surface area (Å²) in [5.74, 6) is -1.90. The standard InChI is InChI=1S/C24H28N2O6/c1-4-14-31-24(30)18-8-10-19(11-9-18)25-20(27)12-13-22(29)32-15-21(28)26-23-16(2)6-5-7-17(23)3/h5-11H,4,12-15H2,1-3H3,(H,25,27)(H,26,28). The topological polar surface area (TPSA) is 111 Å². The number of hydrogen-bond acceptors (Lipinski definition) is 6. The molecule has 0 aromatic heterocycles. The molecule has 8 nitrogen and oxygen atoms in total. The lowest BCUT2D eigenvalue weighted by atomic mass is 10.1. The highest BCUT2D eigenvalue weighted by atomic mass is 16.5. The van der Waals surface area contributed by atoms with Gasteiger partial charge in [0.25, 0.3) is 5.91 Å². The molecule has 2 aromatic carbocycles. The van der Waals surface area contributed by atoms with Gasteiger partial charge in [0.2, 0.25) is 5.91 Å². The minimum Gasteiger partial charge on any atom is -0.462 e. The number of carbonyl (C=O) groups excluding carboxylic acids is 4. The third kappa shape index (κ3) is 7.86. The molecule has 2 amide bonds. The Balaban J connectivity index is 1.72. The van der Waals surface area contributed by atoms with E-state index in [-0.39, 0.29) is 18.7 Å². The van der Waals surface area contributed by atoms with Crippen LogP contribution in [0.2, 0.25) is 0 Å². The fraction of sp³-hybridized carbons (Fsp3) is 0.333. The monoisotopic (exact) mass is 440 g/mol. The Labute approximate surface area is 187 Å². The van der Waals surface area contributed by atoms with Crippen LogP contribution in [0.5, 0.6) is 0 Å². The minimum absolute atomic E-state index is 0.0996.